The van der Waals surface area contributed by atoms with E-state index >= 15 is 0 Å². The molecule has 2 aromatic rings. The molecule has 4 atom stereocenters. The summed E-state index contributed by atoms with van der Waals surface area (Å²) >= 11 is 0. The van der Waals surface area contributed by atoms with Gasteiger partial charge in [0.15, 0.2) is 0 Å². The monoisotopic (exact) mass is 477 g/mol. The van der Waals surface area contributed by atoms with Crippen molar-refractivity contribution in [3.05, 3.63) is 71.3 Å². The van der Waals surface area contributed by atoms with Crippen LogP contribution in [0.5, 0.6) is 0 Å². The van der Waals surface area contributed by atoms with Crippen molar-refractivity contribution in [2.24, 2.45) is 17.8 Å². The number of hydrogen-bond acceptors (Lipinski definition) is 4. The van der Waals surface area contributed by atoms with Crippen LogP contribution in [0.3, 0.4) is 0 Å². The number of carbonyl (C=O) groups is 1. The zero-order valence-corrected chi connectivity index (χ0v) is 18.2. The first-order valence-corrected chi connectivity index (χ1v) is 12.1. The Labute approximate surface area is 189 Å². The molecule has 1 amide bonds. The molecular weight excluding hydrogens is 455 g/mol. The summed E-state index contributed by atoms with van der Waals surface area (Å²) in [5.74, 6) is 1.39. The van der Waals surface area contributed by atoms with Gasteiger partial charge in [-0.15, -0.1) is 0 Å². The average Bonchev–Trinajstić information content (AvgIpc) is 3.39. The lowest BCUT2D eigenvalue weighted by atomic mass is 9.93. The standard InChI is InChI=1S/C23H22F3N3O3S/c24-23(25,26)18-7-8-20-19(11-18)28-21(29-33(20,31)32)14-3-5-15(6-4-14)22(30)27-12-17-10-13-1-2-16(17)9-13/h1-8,11,13,16-17,21,28-29H,9-10,12H2,(H,27,30)/t13-,16-,17+,21-/m0/s1. The van der Waals surface area contributed by atoms with Crippen LogP contribution < -0.4 is 15.4 Å². The Morgan fingerprint density at radius 3 is 2.45 bits per heavy atom. The first-order chi connectivity index (χ1) is 15.6. The molecule has 3 N–H and O–H groups in total. The predicted octanol–water partition coefficient (Wildman–Crippen LogP) is 4.05. The smallest absolute Gasteiger partial charge is 0.364 e. The number of amides is 1. The van der Waals surface area contributed by atoms with Crippen LogP contribution in [-0.2, 0) is 16.2 Å². The molecule has 1 fully saturated rings. The molecule has 10 heteroatoms. The fraction of sp³-hybridized carbons (Fsp3) is 0.348. The van der Waals surface area contributed by atoms with Gasteiger partial charge in [0, 0.05) is 12.1 Å². The molecule has 2 aromatic carbocycles. The molecule has 0 radical (unpaired) electrons. The molecule has 174 valence electrons. The third-order valence-corrected chi connectivity index (χ3v) is 8.10. The first-order valence-electron chi connectivity index (χ1n) is 10.7. The maximum Gasteiger partial charge on any atom is 0.416 e. The summed E-state index contributed by atoms with van der Waals surface area (Å²) in [5, 5.41) is 5.78. The van der Waals surface area contributed by atoms with Crippen molar-refractivity contribution in [2.75, 3.05) is 11.9 Å². The molecule has 0 spiro atoms. The molecule has 1 heterocycles. The van der Waals surface area contributed by atoms with Gasteiger partial charge >= 0.3 is 6.18 Å². The maximum atomic E-state index is 13.1. The zero-order chi connectivity index (χ0) is 23.4. The van der Waals surface area contributed by atoms with Crippen LogP contribution >= 0.6 is 0 Å². The Hall–Kier alpha value is -2.85. The second-order valence-corrected chi connectivity index (χ2v) is 10.5. The van der Waals surface area contributed by atoms with E-state index < -0.39 is 27.9 Å². The number of hydrogen-bond donors (Lipinski definition) is 3. The molecular formula is C23H22F3N3O3S. The summed E-state index contributed by atoms with van der Waals surface area (Å²) in [6, 6.07) is 8.75. The molecule has 0 saturated heterocycles. The van der Waals surface area contributed by atoms with Crippen LogP contribution in [0.2, 0.25) is 0 Å². The largest absolute Gasteiger partial charge is 0.416 e. The number of sulfonamides is 1. The minimum atomic E-state index is -4.59. The number of carbonyl (C=O) groups excluding carboxylic acids is 1. The maximum absolute atomic E-state index is 13.1. The highest BCUT2D eigenvalue weighted by Gasteiger charge is 2.36. The molecule has 0 aromatic heterocycles. The van der Waals surface area contributed by atoms with Crippen molar-refractivity contribution in [2.45, 2.75) is 30.1 Å². The summed E-state index contributed by atoms with van der Waals surface area (Å²) < 4.78 is 66.7. The van der Waals surface area contributed by atoms with Gasteiger partial charge in [0.05, 0.1) is 11.3 Å². The Kier molecular flexibility index (Phi) is 5.24. The van der Waals surface area contributed by atoms with E-state index in [2.05, 4.69) is 27.5 Å². The molecule has 1 aliphatic heterocycles. The molecule has 2 aliphatic carbocycles. The van der Waals surface area contributed by atoms with Gasteiger partial charge < -0.3 is 10.6 Å². The van der Waals surface area contributed by atoms with Gasteiger partial charge in [-0.05, 0) is 66.5 Å². The minimum Gasteiger partial charge on any atom is -0.364 e. The topological polar surface area (TPSA) is 87.3 Å². The highest BCUT2D eigenvalue weighted by atomic mass is 32.2. The van der Waals surface area contributed by atoms with E-state index in [1.165, 1.54) is 0 Å². The predicted molar refractivity (Wildman–Crippen MR) is 116 cm³/mol. The SMILES string of the molecule is O=C(NC[C@H]1C[C@H]2C=C[C@H]1C2)c1ccc([C@H]2Nc3cc(C(F)(F)F)ccc3S(=O)(=O)N2)cc1. The van der Waals surface area contributed by atoms with Gasteiger partial charge in [-0.3, -0.25) is 4.79 Å². The summed E-state index contributed by atoms with van der Waals surface area (Å²) in [4.78, 5) is 12.3. The number of alkyl halides is 3. The average molecular weight is 478 g/mol. The molecule has 0 unspecified atom stereocenters. The fourth-order valence-electron chi connectivity index (χ4n) is 4.89. The summed E-state index contributed by atoms with van der Waals surface area (Å²) in [5.41, 5.74) is -0.176. The summed E-state index contributed by atoms with van der Waals surface area (Å²) in [6.45, 7) is 0.606. The third-order valence-electron chi connectivity index (χ3n) is 6.62. The van der Waals surface area contributed by atoms with Crippen molar-refractivity contribution in [1.82, 2.24) is 10.0 Å². The van der Waals surface area contributed by atoms with Crippen LogP contribution in [0.15, 0.2) is 59.5 Å². The Morgan fingerprint density at radius 2 is 1.82 bits per heavy atom. The number of rotatable bonds is 4. The van der Waals surface area contributed by atoms with Crippen molar-refractivity contribution >= 4 is 21.6 Å². The number of nitrogens with one attached hydrogen (secondary N) is 3. The first kappa shape index (κ1) is 22.0. The lowest BCUT2D eigenvalue weighted by Gasteiger charge is -2.29. The van der Waals surface area contributed by atoms with E-state index in [9.17, 15) is 26.4 Å². The third kappa shape index (κ3) is 4.24. The van der Waals surface area contributed by atoms with Crippen molar-refractivity contribution in [3.8, 4) is 0 Å². The fourth-order valence-corrected chi connectivity index (χ4v) is 6.18. The van der Waals surface area contributed by atoms with Crippen molar-refractivity contribution in [3.63, 3.8) is 0 Å². The Morgan fingerprint density at radius 1 is 1.06 bits per heavy atom. The number of fused-ring (bicyclic) bond motifs is 3. The van der Waals surface area contributed by atoms with Crippen LogP contribution in [0, 0.1) is 17.8 Å². The zero-order valence-electron chi connectivity index (χ0n) is 17.4. The van der Waals surface area contributed by atoms with Gasteiger partial charge in [-0.2, -0.15) is 17.9 Å². The second-order valence-electron chi connectivity index (χ2n) is 8.78. The van der Waals surface area contributed by atoms with E-state index in [0.717, 1.165) is 31.0 Å². The van der Waals surface area contributed by atoms with E-state index in [4.69, 9.17) is 0 Å². The van der Waals surface area contributed by atoms with Crippen LogP contribution in [0.1, 0.15) is 40.5 Å². The van der Waals surface area contributed by atoms with E-state index in [-0.39, 0.29) is 16.5 Å². The molecule has 5 rings (SSSR count). The van der Waals surface area contributed by atoms with Crippen LogP contribution in [0.25, 0.3) is 0 Å². The molecule has 6 nitrogen and oxygen atoms in total. The van der Waals surface area contributed by atoms with Crippen LogP contribution in [0.4, 0.5) is 18.9 Å². The van der Waals surface area contributed by atoms with Crippen molar-refractivity contribution < 1.29 is 26.4 Å². The molecule has 1 saturated carbocycles. The lowest BCUT2D eigenvalue weighted by Crippen LogP contribution is -2.38. The van der Waals surface area contributed by atoms with Gasteiger partial charge in [0.2, 0.25) is 10.0 Å². The number of anilines is 1. The normalized spacial score (nSPS) is 27.1. The van der Waals surface area contributed by atoms with Gasteiger partial charge in [-0.1, -0.05) is 24.3 Å². The van der Waals surface area contributed by atoms with Gasteiger partial charge in [0.1, 0.15) is 11.1 Å². The molecule has 3 aliphatic rings. The molecule has 33 heavy (non-hydrogen) atoms. The Balaban J connectivity index is 1.29. The molecule has 2 bridgehead atoms. The minimum absolute atomic E-state index is 0.129. The highest BCUT2D eigenvalue weighted by Crippen LogP contribution is 2.43. The quantitative estimate of drug-likeness (QED) is 0.580. The lowest BCUT2D eigenvalue weighted by molar-refractivity contribution is -0.137. The number of halogens is 3. The number of allylic oxidation sites excluding steroid dienone is 2. The van der Waals surface area contributed by atoms with Gasteiger partial charge in [0.25, 0.3) is 5.91 Å². The van der Waals surface area contributed by atoms with E-state index in [1.54, 1.807) is 24.3 Å². The van der Waals surface area contributed by atoms with E-state index in [1.807, 2.05) is 0 Å². The van der Waals surface area contributed by atoms with E-state index in [0.29, 0.717) is 35.4 Å². The number of benzene rings is 2. The highest BCUT2D eigenvalue weighted by molar-refractivity contribution is 7.89. The second kappa shape index (κ2) is 7.88. The summed E-state index contributed by atoms with van der Waals surface area (Å²) in [6.07, 6.45) is 1.16. The van der Waals surface area contributed by atoms with Gasteiger partial charge in [-0.25, -0.2) is 8.42 Å². The van der Waals surface area contributed by atoms with Crippen LogP contribution in [-0.4, -0.2) is 20.9 Å². The van der Waals surface area contributed by atoms with Crippen molar-refractivity contribution in [1.29, 1.82) is 0 Å². The Bertz CT molecular complexity index is 1230. The summed E-state index contributed by atoms with van der Waals surface area (Å²) in [7, 11) is -4.02.